The Morgan fingerprint density at radius 1 is 1.36 bits per heavy atom. The third-order valence-electron chi connectivity index (χ3n) is 5.61. The first kappa shape index (κ1) is 23.0. The Labute approximate surface area is 191 Å². The summed E-state index contributed by atoms with van der Waals surface area (Å²) in [6.45, 7) is 6.29. The van der Waals surface area contributed by atoms with E-state index in [1.807, 2.05) is 32.9 Å². The van der Waals surface area contributed by atoms with Gasteiger partial charge in [-0.1, -0.05) is 12.1 Å². The SMILES string of the molecule is CC(C)(C)OC(=O)N1CC[C@@]2(c3cccc(OCc4ccc(C#N)cc4F)n3)OCO[C@H]2C1. The number of halogens is 1. The Morgan fingerprint density at radius 2 is 2.18 bits per heavy atom. The van der Waals surface area contributed by atoms with Crippen molar-refractivity contribution in [3.8, 4) is 11.9 Å². The maximum Gasteiger partial charge on any atom is 0.410 e. The quantitative estimate of drug-likeness (QED) is 0.691. The van der Waals surface area contributed by atoms with Crippen molar-refractivity contribution in [1.82, 2.24) is 9.88 Å². The van der Waals surface area contributed by atoms with Gasteiger partial charge in [0.2, 0.25) is 5.88 Å². The molecule has 1 amide bonds. The van der Waals surface area contributed by atoms with Crippen LogP contribution in [0.25, 0.3) is 0 Å². The lowest BCUT2D eigenvalue weighted by atomic mass is 9.85. The Hall–Kier alpha value is -3.22. The molecule has 33 heavy (non-hydrogen) atoms. The van der Waals surface area contributed by atoms with Gasteiger partial charge in [-0.2, -0.15) is 5.26 Å². The van der Waals surface area contributed by atoms with E-state index in [9.17, 15) is 9.18 Å². The van der Waals surface area contributed by atoms with Crippen LogP contribution in [0.15, 0.2) is 36.4 Å². The number of amides is 1. The smallest absolute Gasteiger partial charge is 0.410 e. The van der Waals surface area contributed by atoms with Crippen LogP contribution in [0.4, 0.5) is 9.18 Å². The monoisotopic (exact) mass is 455 g/mol. The number of carbonyl (C=O) groups excluding carboxylic acids is 1. The number of aromatic nitrogens is 1. The number of ether oxygens (including phenoxy) is 4. The van der Waals surface area contributed by atoms with Crippen LogP contribution in [0, 0.1) is 17.1 Å². The van der Waals surface area contributed by atoms with Crippen molar-refractivity contribution in [2.45, 2.75) is 51.1 Å². The minimum absolute atomic E-state index is 0.0335. The van der Waals surface area contributed by atoms with E-state index >= 15 is 0 Å². The summed E-state index contributed by atoms with van der Waals surface area (Å²) in [5.41, 5.74) is -0.190. The van der Waals surface area contributed by atoms with Crippen LogP contribution < -0.4 is 4.74 Å². The summed E-state index contributed by atoms with van der Waals surface area (Å²) in [6, 6.07) is 11.4. The average Bonchev–Trinajstić information content (AvgIpc) is 3.21. The van der Waals surface area contributed by atoms with Crippen molar-refractivity contribution in [3.63, 3.8) is 0 Å². The zero-order valence-electron chi connectivity index (χ0n) is 18.8. The van der Waals surface area contributed by atoms with E-state index in [2.05, 4.69) is 4.98 Å². The molecule has 0 aliphatic carbocycles. The molecular weight excluding hydrogens is 429 g/mol. The highest BCUT2D eigenvalue weighted by atomic mass is 19.1. The fraction of sp³-hybridized carbons (Fsp3) is 0.458. The van der Waals surface area contributed by atoms with Crippen LogP contribution in [0.2, 0.25) is 0 Å². The highest BCUT2D eigenvalue weighted by molar-refractivity contribution is 5.68. The molecule has 3 heterocycles. The second kappa shape index (κ2) is 8.96. The Kier molecular flexibility index (Phi) is 6.23. The molecule has 2 aliphatic rings. The van der Waals surface area contributed by atoms with Crippen LogP contribution in [0.5, 0.6) is 5.88 Å². The Morgan fingerprint density at radius 3 is 2.91 bits per heavy atom. The number of rotatable bonds is 4. The second-order valence-electron chi connectivity index (χ2n) is 9.05. The highest BCUT2D eigenvalue weighted by Crippen LogP contribution is 2.42. The Balaban J connectivity index is 1.47. The molecule has 2 atom stereocenters. The predicted molar refractivity (Wildman–Crippen MR) is 115 cm³/mol. The van der Waals surface area contributed by atoms with Gasteiger partial charge in [-0.25, -0.2) is 14.2 Å². The molecule has 9 heteroatoms. The molecule has 2 fully saturated rings. The summed E-state index contributed by atoms with van der Waals surface area (Å²) >= 11 is 0. The summed E-state index contributed by atoms with van der Waals surface area (Å²) in [5, 5.41) is 8.88. The van der Waals surface area contributed by atoms with Gasteiger partial charge in [-0.05, 0) is 39.0 Å². The molecule has 0 N–H and O–H groups in total. The number of benzene rings is 1. The molecule has 1 aromatic carbocycles. The number of piperidine rings is 1. The number of nitriles is 1. The topological polar surface area (TPSA) is 93.9 Å². The lowest BCUT2D eigenvalue weighted by Crippen LogP contribution is -2.54. The third-order valence-corrected chi connectivity index (χ3v) is 5.61. The lowest BCUT2D eigenvalue weighted by molar-refractivity contribution is -0.0566. The standard InChI is InChI=1S/C24H26FN3O5/c1-23(2,3)33-22(29)28-10-9-24(20(13-28)31-15-32-24)19-5-4-6-21(27-19)30-14-17-8-7-16(12-26)11-18(17)25/h4-8,11,20H,9-10,13-15H2,1-3H3/t20-,24-/m0/s1. The van der Waals surface area contributed by atoms with Gasteiger partial charge in [0.05, 0.1) is 23.9 Å². The molecule has 4 rings (SSSR count). The molecule has 174 valence electrons. The van der Waals surface area contributed by atoms with Crippen molar-refractivity contribution < 1.29 is 28.1 Å². The zero-order chi connectivity index (χ0) is 23.6. The van der Waals surface area contributed by atoms with E-state index in [4.69, 9.17) is 24.2 Å². The van der Waals surface area contributed by atoms with E-state index in [1.165, 1.54) is 18.2 Å². The summed E-state index contributed by atoms with van der Waals surface area (Å²) in [5.74, 6) is -0.194. The van der Waals surface area contributed by atoms with Gasteiger partial charge in [-0.15, -0.1) is 0 Å². The van der Waals surface area contributed by atoms with Gasteiger partial charge in [0.15, 0.2) is 0 Å². The highest BCUT2D eigenvalue weighted by Gasteiger charge is 2.52. The molecule has 2 aromatic rings. The number of nitrogens with zero attached hydrogens (tertiary/aromatic N) is 3. The summed E-state index contributed by atoms with van der Waals surface area (Å²) in [6.07, 6.45) is -0.309. The molecule has 2 aliphatic heterocycles. The number of fused-ring (bicyclic) bond motifs is 1. The largest absolute Gasteiger partial charge is 0.473 e. The molecule has 0 saturated carbocycles. The van der Waals surface area contributed by atoms with Gasteiger partial charge >= 0.3 is 6.09 Å². The van der Waals surface area contributed by atoms with Crippen molar-refractivity contribution >= 4 is 6.09 Å². The zero-order valence-corrected chi connectivity index (χ0v) is 18.8. The maximum atomic E-state index is 14.2. The summed E-state index contributed by atoms with van der Waals surface area (Å²) in [7, 11) is 0. The predicted octanol–water partition coefficient (Wildman–Crippen LogP) is 3.88. The molecule has 1 aromatic heterocycles. The molecular formula is C24H26FN3O5. The van der Waals surface area contributed by atoms with Gasteiger partial charge in [0.25, 0.3) is 0 Å². The average molecular weight is 455 g/mol. The van der Waals surface area contributed by atoms with Crippen molar-refractivity contribution in [2.75, 3.05) is 19.9 Å². The molecule has 8 nitrogen and oxygen atoms in total. The lowest BCUT2D eigenvalue weighted by Gasteiger charge is -2.41. The van der Waals surface area contributed by atoms with Crippen molar-refractivity contribution in [3.05, 3.63) is 59.0 Å². The number of hydrogen-bond donors (Lipinski definition) is 0. The van der Waals surface area contributed by atoms with E-state index in [0.717, 1.165) is 0 Å². The summed E-state index contributed by atoms with van der Waals surface area (Å²) < 4.78 is 37.2. The molecule has 0 radical (unpaired) electrons. The first-order valence-corrected chi connectivity index (χ1v) is 10.7. The molecule has 0 unspecified atom stereocenters. The van der Waals surface area contributed by atoms with Crippen LogP contribution in [-0.4, -0.2) is 47.6 Å². The fourth-order valence-electron chi connectivity index (χ4n) is 3.95. The normalized spacial score (nSPS) is 22.4. The van der Waals surface area contributed by atoms with Crippen LogP contribution in [0.3, 0.4) is 0 Å². The van der Waals surface area contributed by atoms with Crippen LogP contribution >= 0.6 is 0 Å². The van der Waals surface area contributed by atoms with Gasteiger partial charge in [0, 0.05) is 24.6 Å². The van der Waals surface area contributed by atoms with Crippen molar-refractivity contribution in [2.24, 2.45) is 0 Å². The molecule has 2 saturated heterocycles. The van der Waals surface area contributed by atoms with E-state index in [0.29, 0.717) is 36.6 Å². The van der Waals surface area contributed by atoms with E-state index in [1.54, 1.807) is 17.0 Å². The number of likely N-dealkylation sites (tertiary alicyclic amines) is 1. The number of carbonyl (C=O) groups is 1. The minimum Gasteiger partial charge on any atom is -0.473 e. The van der Waals surface area contributed by atoms with Gasteiger partial charge < -0.3 is 23.8 Å². The molecule has 0 bridgehead atoms. The molecule has 0 spiro atoms. The van der Waals surface area contributed by atoms with Crippen molar-refractivity contribution in [1.29, 1.82) is 5.26 Å². The number of hydrogen-bond acceptors (Lipinski definition) is 7. The second-order valence-corrected chi connectivity index (χ2v) is 9.05. The van der Waals surface area contributed by atoms with Gasteiger partial charge in [0.1, 0.15) is 36.5 Å². The minimum atomic E-state index is -0.808. The third kappa shape index (κ3) is 4.92. The van der Waals surface area contributed by atoms with E-state index < -0.39 is 23.1 Å². The fourth-order valence-corrected chi connectivity index (χ4v) is 3.95. The van der Waals surface area contributed by atoms with Crippen LogP contribution in [0.1, 0.15) is 44.0 Å². The van der Waals surface area contributed by atoms with Crippen LogP contribution in [-0.2, 0) is 26.4 Å². The Bertz CT molecular complexity index is 1080. The van der Waals surface area contributed by atoms with E-state index in [-0.39, 0.29) is 25.1 Å². The first-order valence-electron chi connectivity index (χ1n) is 10.7. The number of pyridine rings is 1. The van der Waals surface area contributed by atoms with Gasteiger partial charge in [-0.3, -0.25) is 0 Å². The maximum absolute atomic E-state index is 14.2. The summed E-state index contributed by atoms with van der Waals surface area (Å²) in [4.78, 5) is 18.7. The first-order chi connectivity index (χ1) is 15.7.